The van der Waals surface area contributed by atoms with Gasteiger partial charge in [-0.05, 0) is 42.3 Å². The largest absolute Gasteiger partial charge is 2.00 e. The zero-order chi connectivity index (χ0) is 17.1. The van der Waals surface area contributed by atoms with E-state index in [2.05, 4.69) is 15.2 Å². The Kier molecular flexibility index (Phi) is 17.7. The Bertz CT molecular complexity index is 668. The first kappa shape index (κ1) is 28.5. The van der Waals surface area contributed by atoms with Gasteiger partial charge in [-0.1, -0.05) is 11.8 Å². The summed E-state index contributed by atoms with van der Waals surface area (Å²) in [5.74, 6) is -0.277. The molecule has 0 aliphatic carbocycles. The van der Waals surface area contributed by atoms with Crippen LogP contribution < -0.4 is 14.9 Å². The molecule has 1 aromatic heterocycles. The molecule has 0 aliphatic rings. The molecule has 0 spiro atoms. The first-order valence-electron chi connectivity index (χ1n) is 6.76. The summed E-state index contributed by atoms with van der Waals surface area (Å²) in [6.07, 6.45) is 4.22. The van der Waals surface area contributed by atoms with Crippen LogP contribution in [0.3, 0.4) is 0 Å². The Morgan fingerprint density at radius 3 is 2.31 bits per heavy atom. The van der Waals surface area contributed by atoms with E-state index in [9.17, 15) is 10.2 Å². The number of nitrogens with zero attached hydrogens (tertiary/aromatic N) is 3. The summed E-state index contributed by atoms with van der Waals surface area (Å²) in [7, 11) is 1.48. The van der Waals surface area contributed by atoms with Crippen LogP contribution >= 0.6 is 0 Å². The van der Waals surface area contributed by atoms with E-state index in [1.54, 1.807) is 19.1 Å². The average molecular weight is 443 g/mol. The average Bonchev–Trinajstić information content (AvgIpc) is 2.57. The summed E-state index contributed by atoms with van der Waals surface area (Å²) in [4.78, 5) is 3.80. The number of aromatic nitrogens is 1. The first-order valence-corrected chi connectivity index (χ1v) is 6.76. The van der Waals surface area contributed by atoms with Crippen LogP contribution in [0, 0.1) is 0 Å². The van der Waals surface area contributed by atoms with Crippen LogP contribution in [0.1, 0.15) is 18.1 Å². The maximum absolute atomic E-state index is 11.6. The molecule has 0 bridgehead atoms. The molecule has 0 atom stereocenters. The Balaban J connectivity index is -0.000000825. The van der Waals surface area contributed by atoms with Crippen molar-refractivity contribution in [2.24, 2.45) is 10.2 Å². The molecular weight excluding hydrogens is 426 g/mol. The Hall–Kier alpha value is -2.32. The Labute approximate surface area is 165 Å². The van der Waals surface area contributed by atoms with E-state index in [1.165, 1.54) is 43.9 Å². The SMILES string of the molecule is CCO.COc1ccc(/C=N/N=C(\[O-])c2ccncc2)c([O-])c1.[Mo].[O-2].[O-2]. The van der Waals surface area contributed by atoms with Gasteiger partial charge in [-0.3, -0.25) is 4.98 Å². The van der Waals surface area contributed by atoms with Crippen molar-refractivity contribution in [1.29, 1.82) is 0 Å². The third-order valence-electron chi connectivity index (χ3n) is 2.49. The van der Waals surface area contributed by atoms with Crippen molar-refractivity contribution in [2.45, 2.75) is 6.92 Å². The van der Waals surface area contributed by atoms with Gasteiger partial charge in [-0.15, -0.1) is 0 Å². The molecular formula is C16H17MoN3O6-6. The van der Waals surface area contributed by atoms with Gasteiger partial charge < -0.3 is 31.0 Å². The number of rotatable bonds is 4. The van der Waals surface area contributed by atoms with E-state index in [0.717, 1.165) is 0 Å². The minimum atomic E-state index is -0.496. The van der Waals surface area contributed by atoms with Crippen molar-refractivity contribution in [1.82, 2.24) is 4.98 Å². The van der Waals surface area contributed by atoms with Crippen LogP contribution in [-0.2, 0) is 32.0 Å². The van der Waals surface area contributed by atoms with Crippen molar-refractivity contribution in [3.8, 4) is 11.5 Å². The monoisotopic (exact) mass is 445 g/mol. The molecule has 9 nitrogen and oxygen atoms in total. The summed E-state index contributed by atoms with van der Waals surface area (Å²) in [5, 5.41) is 38.0. The third kappa shape index (κ3) is 9.85. The number of methoxy groups -OCH3 is 1. The molecule has 0 aliphatic heterocycles. The van der Waals surface area contributed by atoms with Gasteiger partial charge >= 0.3 is 0 Å². The molecule has 0 amide bonds. The second kappa shape index (κ2) is 16.2. The smallest absolute Gasteiger partial charge is 0.118 e. The van der Waals surface area contributed by atoms with E-state index in [1.807, 2.05) is 0 Å². The van der Waals surface area contributed by atoms with Crippen LogP contribution in [-0.4, -0.2) is 35.9 Å². The minimum Gasteiger partial charge on any atom is -2.00 e. The number of hydrogen-bond acceptors (Lipinski definition) is 7. The predicted octanol–water partition coefficient (Wildman–Crippen LogP) is 0.0633. The maximum atomic E-state index is 11.6. The first-order chi connectivity index (χ1) is 11.1. The summed E-state index contributed by atoms with van der Waals surface area (Å²) >= 11 is 0. The molecule has 2 aromatic rings. The van der Waals surface area contributed by atoms with Gasteiger partial charge in [-0.2, -0.15) is 10.2 Å². The number of pyridine rings is 1. The van der Waals surface area contributed by atoms with E-state index < -0.39 is 5.90 Å². The molecule has 0 radical (unpaired) electrons. The van der Waals surface area contributed by atoms with Gasteiger partial charge in [0.2, 0.25) is 0 Å². The van der Waals surface area contributed by atoms with Crippen LogP contribution in [0.25, 0.3) is 0 Å². The molecule has 1 N–H and O–H groups in total. The van der Waals surface area contributed by atoms with Crippen LogP contribution in [0.2, 0.25) is 0 Å². The van der Waals surface area contributed by atoms with Crippen LogP contribution in [0.15, 0.2) is 52.9 Å². The topological polar surface area (TPSA) is 170 Å². The van der Waals surface area contributed by atoms with Gasteiger partial charge in [0.1, 0.15) is 5.75 Å². The minimum absolute atomic E-state index is 0. The van der Waals surface area contributed by atoms with Crippen molar-refractivity contribution < 1.29 is 52.1 Å². The number of ether oxygens (including phenoxy) is 1. The molecule has 1 aromatic carbocycles. The quantitative estimate of drug-likeness (QED) is 0.304. The van der Waals surface area contributed by atoms with E-state index >= 15 is 0 Å². The second-order valence-corrected chi connectivity index (χ2v) is 4.11. The maximum Gasteiger partial charge on any atom is 0.118 e. The molecule has 2 rings (SSSR count). The van der Waals surface area contributed by atoms with Crippen molar-refractivity contribution >= 4 is 12.1 Å². The fourth-order valence-electron chi connectivity index (χ4n) is 1.44. The molecule has 144 valence electrons. The van der Waals surface area contributed by atoms with Crippen molar-refractivity contribution in [3.63, 3.8) is 0 Å². The van der Waals surface area contributed by atoms with Gasteiger partial charge in [0, 0.05) is 46.0 Å². The summed E-state index contributed by atoms with van der Waals surface area (Å²) in [6.45, 7) is 1.93. The number of benzene rings is 1. The molecule has 0 unspecified atom stereocenters. The normalized spacial score (nSPS) is 9.73. The number of hydrogen-bond donors (Lipinski definition) is 1. The fraction of sp³-hybridized carbons (Fsp3) is 0.188. The molecule has 26 heavy (non-hydrogen) atoms. The van der Waals surface area contributed by atoms with Crippen LogP contribution in [0.4, 0.5) is 0 Å². The molecule has 1 heterocycles. The Morgan fingerprint density at radius 1 is 1.23 bits per heavy atom. The molecule has 10 heteroatoms. The van der Waals surface area contributed by atoms with E-state index in [0.29, 0.717) is 16.9 Å². The number of aliphatic hydroxyl groups is 1. The molecule has 0 saturated carbocycles. The summed E-state index contributed by atoms with van der Waals surface area (Å²) in [5.41, 5.74) is 0.714. The third-order valence-corrected chi connectivity index (χ3v) is 2.49. The summed E-state index contributed by atoms with van der Waals surface area (Å²) in [6, 6.07) is 7.60. The zero-order valence-electron chi connectivity index (χ0n) is 14.1. The van der Waals surface area contributed by atoms with E-state index in [-0.39, 0.29) is 44.4 Å². The van der Waals surface area contributed by atoms with Gasteiger partial charge in [0.15, 0.2) is 0 Å². The predicted molar refractivity (Wildman–Crippen MR) is 84.9 cm³/mol. The van der Waals surface area contributed by atoms with Gasteiger partial charge in [0.05, 0.1) is 13.3 Å². The standard InChI is InChI=1S/C14H13N3O3.C2H6O.Mo.2O/c1-20-12-3-2-11(13(18)8-12)9-16-17-14(19)10-4-6-15-7-5-10;1-2-3;;;/h2-9,18H,1H3,(H,17,19);3H,2H2,1H3;;;/q;;;2*-2/p-2/b16-9+;;;;. The molecule has 0 saturated heterocycles. The van der Waals surface area contributed by atoms with Crippen LogP contribution in [0.5, 0.6) is 11.5 Å². The van der Waals surface area contributed by atoms with Crippen molar-refractivity contribution in [3.05, 3.63) is 53.9 Å². The van der Waals surface area contributed by atoms with E-state index in [4.69, 9.17) is 9.84 Å². The zero-order valence-corrected chi connectivity index (χ0v) is 16.1. The Morgan fingerprint density at radius 2 is 1.81 bits per heavy atom. The van der Waals surface area contributed by atoms with Gasteiger partial charge in [-0.25, -0.2) is 0 Å². The summed E-state index contributed by atoms with van der Waals surface area (Å²) < 4.78 is 4.92. The van der Waals surface area contributed by atoms with Gasteiger partial charge in [0.25, 0.3) is 0 Å². The van der Waals surface area contributed by atoms with Crippen molar-refractivity contribution in [2.75, 3.05) is 13.7 Å². The second-order valence-electron chi connectivity index (χ2n) is 4.11. The molecule has 0 fully saturated rings. The fourth-order valence-corrected chi connectivity index (χ4v) is 1.44. The number of aliphatic hydroxyl groups excluding tert-OH is 1.